The Morgan fingerprint density at radius 3 is 2.63 bits per heavy atom. The third-order valence-corrected chi connectivity index (χ3v) is 4.83. The van der Waals surface area contributed by atoms with Crippen molar-refractivity contribution in [3.63, 3.8) is 0 Å². The van der Waals surface area contributed by atoms with E-state index < -0.39 is 20.8 Å². The van der Waals surface area contributed by atoms with Crippen LogP contribution in [0.3, 0.4) is 0 Å². The highest BCUT2D eigenvalue weighted by molar-refractivity contribution is 7.86. The van der Waals surface area contributed by atoms with Gasteiger partial charge in [-0.2, -0.15) is 8.42 Å². The van der Waals surface area contributed by atoms with Crippen LogP contribution in [0.1, 0.15) is 24.0 Å². The Bertz CT molecular complexity index is 626. The summed E-state index contributed by atoms with van der Waals surface area (Å²) < 4.78 is 37.8. The molecule has 1 aromatic rings. The van der Waals surface area contributed by atoms with Gasteiger partial charge < -0.3 is 9.84 Å². The molecular formula is C11H13NO6S. The minimum atomic E-state index is -4.62. The summed E-state index contributed by atoms with van der Waals surface area (Å²) in [5, 5.41) is 12.6. The van der Waals surface area contributed by atoms with Crippen LogP contribution in [0, 0.1) is 4.91 Å². The number of rotatable bonds is 3. The summed E-state index contributed by atoms with van der Waals surface area (Å²) in [6.45, 7) is 0. The van der Waals surface area contributed by atoms with Crippen molar-refractivity contribution < 1.29 is 22.8 Å². The summed E-state index contributed by atoms with van der Waals surface area (Å²) in [6.07, 6.45) is 0.974. The maximum atomic E-state index is 11.7. The second-order valence-corrected chi connectivity index (χ2v) is 5.95. The summed E-state index contributed by atoms with van der Waals surface area (Å²) in [5.74, 6) is -0.563. The third kappa shape index (κ3) is 1.92. The first-order valence-corrected chi connectivity index (χ1v) is 7.02. The van der Waals surface area contributed by atoms with Crippen molar-refractivity contribution in [2.45, 2.75) is 24.2 Å². The molecule has 1 unspecified atom stereocenters. The lowest BCUT2D eigenvalue weighted by Gasteiger charge is -2.35. The van der Waals surface area contributed by atoms with Crippen molar-refractivity contribution in [1.29, 1.82) is 0 Å². The molecule has 0 fully saturated rings. The Hall–Kier alpha value is -1.51. The van der Waals surface area contributed by atoms with Crippen LogP contribution in [0.2, 0.25) is 0 Å². The molecule has 0 amide bonds. The smallest absolute Gasteiger partial charge is 0.299 e. The fourth-order valence-corrected chi connectivity index (χ4v) is 3.63. The lowest BCUT2D eigenvalue weighted by molar-refractivity contribution is 0.0346. The van der Waals surface area contributed by atoms with Gasteiger partial charge in [0.05, 0.1) is 0 Å². The normalized spacial score (nSPS) is 22.8. The van der Waals surface area contributed by atoms with Crippen molar-refractivity contribution in [3.8, 4) is 5.75 Å². The molecule has 1 aliphatic carbocycles. The lowest BCUT2D eigenvalue weighted by atomic mass is 9.87. The van der Waals surface area contributed by atoms with Gasteiger partial charge in [0.2, 0.25) is 4.93 Å². The average Bonchev–Trinajstić information content (AvgIpc) is 2.37. The van der Waals surface area contributed by atoms with Crippen LogP contribution in [-0.2, 0) is 26.2 Å². The maximum absolute atomic E-state index is 11.7. The number of methoxy groups -OCH3 is 1. The molecule has 1 atom stereocenters. The zero-order chi connectivity index (χ0) is 14.3. The van der Waals surface area contributed by atoms with E-state index in [-0.39, 0.29) is 17.7 Å². The quantitative estimate of drug-likeness (QED) is 0.647. The minimum absolute atomic E-state index is 0.00873. The van der Waals surface area contributed by atoms with Crippen LogP contribution in [0.5, 0.6) is 5.75 Å². The molecule has 0 heterocycles. The number of aromatic hydroxyl groups is 1. The summed E-state index contributed by atoms with van der Waals surface area (Å²) in [6, 6.07) is 2.81. The molecule has 1 aliphatic rings. The Morgan fingerprint density at radius 1 is 1.42 bits per heavy atom. The van der Waals surface area contributed by atoms with Crippen LogP contribution >= 0.6 is 0 Å². The summed E-state index contributed by atoms with van der Waals surface area (Å²) in [4.78, 5) is 8.55. The zero-order valence-electron chi connectivity index (χ0n) is 10.2. The first-order valence-electron chi connectivity index (χ1n) is 5.58. The van der Waals surface area contributed by atoms with Gasteiger partial charge in [0.1, 0.15) is 5.69 Å². The number of ether oxygens (including phenoxy) is 1. The number of hydrogen-bond acceptors (Lipinski definition) is 6. The zero-order valence-corrected chi connectivity index (χ0v) is 11.0. The standard InChI is InChI=1S/C11H13NO6S/c1-18-11(19(15,16)17)6-2-3-7-4-5-8(12-14)10(13)9(7)11/h4-5,13H,2-3,6H2,1H3,(H,15,16,17). The van der Waals surface area contributed by atoms with Crippen molar-refractivity contribution in [3.05, 3.63) is 28.2 Å². The monoisotopic (exact) mass is 287 g/mol. The van der Waals surface area contributed by atoms with Crippen molar-refractivity contribution >= 4 is 15.8 Å². The van der Waals surface area contributed by atoms with Crippen molar-refractivity contribution in [2.24, 2.45) is 5.18 Å². The molecule has 0 aromatic heterocycles. The highest BCUT2D eigenvalue weighted by Gasteiger charge is 2.50. The van der Waals surface area contributed by atoms with Crippen LogP contribution in [0.4, 0.5) is 5.69 Å². The largest absolute Gasteiger partial charge is 0.505 e. The summed E-state index contributed by atoms with van der Waals surface area (Å²) in [7, 11) is -3.50. The first-order chi connectivity index (χ1) is 8.87. The molecular weight excluding hydrogens is 274 g/mol. The Labute approximate surface area is 109 Å². The molecule has 104 valence electrons. The SMILES string of the molecule is COC1(S(=O)(=O)O)CCCc2ccc(N=O)c(O)c21. The number of fused-ring (bicyclic) bond motifs is 1. The van der Waals surface area contributed by atoms with Gasteiger partial charge in [-0.3, -0.25) is 4.55 Å². The Balaban J connectivity index is 2.83. The molecule has 0 radical (unpaired) electrons. The van der Waals surface area contributed by atoms with Crippen LogP contribution in [-0.4, -0.2) is 25.2 Å². The molecule has 19 heavy (non-hydrogen) atoms. The van der Waals surface area contributed by atoms with Crippen LogP contribution < -0.4 is 0 Å². The van der Waals surface area contributed by atoms with Crippen LogP contribution in [0.15, 0.2) is 17.3 Å². The van der Waals surface area contributed by atoms with E-state index in [2.05, 4.69) is 5.18 Å². The first kappa shape index (κ1) is 13.9. The fourth-order valence-electron chi connectivity index (χ4n) is 2.53. The molecule has 8 heteroatoms. The number of phenolic OH excluding ortho intramolecular Hbond substituents is 1. The molecule has 2 N–H and O–H groups in total. The number of phenols is 1. The van der Waals surface area contributed by atoms with E-state index in [1.165, 1.54) is 12.1 Å². The number of nitrogens with zero attached hydrogens (tertiary/aromatic N) is 1. The van der Waals surface area contributed by atoms with Gasteiger partial charge in [0.15, 0.2) is 5.75 Å². The second-order valence-electron chi connectivity index (χ2n) is 4.34. The van der Waals surface area contributed by atoms with Crippen LogP contribution in [0.25, 0.3) is 0 Å². The number of nitroso groups, excluding NO2 is 1. The number of benzene rings is 1. The Morgan fingerprint density at radius 2 is 2.11 bits per heavy atom. The van der Waals surface area contributed by atoms with Gasteiger partial charge in [0, 0.05) is 12.7 Å². The topological polar surface area (TPSA) is 113 Å². The average molecular weight is 287 g/mol. The highest BCUT2D eigenvalue weighted by atomic mass is 32.2. The Kier molecular flexibility index (Phi) is 3.33. The molecule has 7 nitrogen and oxygen atoms in total. The van der Waals surface area contributed by atoms with E-state index in [0.717, 1.165) is 7.11 Å². The molecule has 0 bridgehead atoms. The van der Waals surface area contributed by atoms with E-state index in [1.54, 1.807) is 0 Å². The molecule has 0 aliphatic heterocycles. The van der Waals surface area contributed by atoms with E-state index in [4.69, 9.17) is 4.74 Å². The predicted octanol–water partition coefficient (Wildman–Crippen LogP) is 1.81. The molecule has 0 spiro atoms. The highest BCUT2D eigenvalue weighted by Crippen LogP contribution is 2.48. The number of aryl methyl sites for hydroxylation is 1. The molecule has 0 saturated carbocycles. The van der Waals surface area contributed by atoms with E-state index in [1.807, 2.05) is 0 Å². The van der Waals surface area contributed by atoms with Crippen molar-refractivity contribution in [1.82, 2.24) is 0 Å². The van der Waals surface area contributed by atoms with Gasteiger partial charge in [-0.15, -0.1) is 4.91 Å². The van der Waals surface area contributed by atoms with E-state index in [0.29, 0.717) is 18.4 Å². The molecule has 2 rings (SSSR count). The fraction of sp³-hybridized carbons (Fsp3) is 0.455. The lowest BCUT2D eigenvalue weighted by Crippen LogP contribution is -2.40. The predicted molar refractivity (Wildman–Crippen MR) is 66.7 cm³/mol. The van der Waals surface area contributed by atoms with Gasteiger partial charge in [-0.25, -0.2) is 0 Å². The summed E-state index contributed by atoms with van der Waals surface area (Å²) in [5.41, 5.74) is 0.127. The van der Waals surface area contributed by atoms with E-state index >= 15 is 0 Å². The molecule has 1 aromatic carbocycles. The molecule has 0 saturated heterocycles. The van der Waals surface area contributed by atoms with Gasteiger partial charge in [-0.1, -0.05) is 6.07 Å². The van der Waals surface area contributed by atoms with Gasteiger partial charge >= 0.3 is 0 Å². The second kappa shape index (κ2) is 4.55. The number of hydrogen-bond donors (Lipinski definition) is 2. The van der Waals surface area contributed by atoms with Gasteiger partial charge in [-0.05, 0) is 36.1 Å². The third-order valence-electron chi connectivity index (χ3n) is 3.42. The maximum Gasteiger partial charge on any atom is 0.299 e. The van der Waals surface area contributed by atoms with Crippen molar-refractivity contribution in [2.75, 3.05) is 7.11 Å². The van der Waals surface area contributed by atoms with Gasteiger partial charge in [0.25, 0.3) is 10.1 Å². The minimum Gasteiger partial charge on any atom is -0.505 e. The van der Waals surface area contributed by atoms with E-state index in [9.17, 15) is 23.0 Å². The summed E-state index contributed by atoms with van der Waals surface area (Å²) >= 11 is 0.